The summed E-state index contributed by atoms with van der Waals surface area (Å²) in [5.41, 5.74) is 10.3. The highest BCUT2D eigenvalue weighted by Gasteiger charge is 2.43. The van der Waals surface area contributed by atoms with E-state index in [9.17, 15) is 19.5 Å². The van der Waals surface area contributed by atoms with Crippen LogP contribution >= 0.6 is 34.3 Å². The average Bonchev–Trinajstić information content (AvgIpc) is 4.19. The molecule has 0 unspecified atom stereocenters. The van der Waals surface area contributed by atoms with Crippen LogP contribution in [0.5, 0.6) is 5.75 Å². The highest BCUT2D eigenvalue weighted by molar-refractivity contribution is 7.15. The van der Waals surface area contributed by atoms with E-state index in [2.05, 4.69) is 44.8 Å². The van der Waals surface area contributed by atoms with Gasteiger partial charge in [0.1, 0.15) is 40.8 Å². The lowest BCUT2D eigenvalue weighted by Gasteiger charge is -2.36. The van der Waals surface area contributed by atoms with Crippen LogP contribution in [-0.4, -0.2) is 93.8 Å². The van der Waals surface area contributed by atoms with Crippen LogP contribution in [0.4, 0.5) is 0 Å². The molecule has 6 heterocycles. The maximum absolute atomic E-state index is 14.4. The number of aliphatic imine (C=N–C) groups is 1. The summed E-state index contributed by atoms with van der Waals surface area (Å²) in [5, 5.41) is 32.2. The number of benzene rings is 3. The lowest BCUT2D eigenvalue weighted by molar-refractivity contribution is -0.142. The molecule has 4 aromatic heterocycles. The van der Waals surface area contributed by atoms with Gasteiger partial charge in [-0.05, 0) is 80.1 Å². The van der Waals surface area contributed by atoms with Crippen molar-refractivity contribution in [1.29, 1.82) is 0 Å². The zero-order valence-corrected chi connectivity index (χ0v) is 42.7. The molecule has 1 aliphatic carbocycles. The van der Waals surface area contributed by atoms with Crippen LogP contribution in [0.1, 0.15) is 96.1 Å². The van der Waals surface area contributed by atoms with E-state index in [1.807, 2.05) is 117 Å². The van der Waals surface area contributed by atoms with Crippen molar-refractivity contribution in [3.05, 3.63) is 140 Å². The van der Waals surface area contributed by atoms with Crippen molar-refractivity contribution in [3.63, 3.8) is 0 Å². The number of nitrogens with one attached hydrogen (secondary N) is 2. The van der Waals surface area contributed by atoms with Crippen LogP contribution in [-0.2, 0) is 20.9 Å². The normalized spacial score (nSPS) is 19.9. The van der Waals surface area contributed by atoms with Crippen molar-refractivity contribution in [2.24, 2.45) is 10.9 Å². The zero-order chi connectivity index (χ0) is 49.7. The third kappa shape index (κ3) is 9.80. The molecule has 3 N–H and O–H groups in total. The second-order valence-corrected chi connectivity index (χ2v) is 21.6. The lowest BCUT2D eigenvalue weighted by Crippen LogP contribution is -2.49. The number of ether oxygens (including phenoxy) is 1. The predicted octanol–water partition coefficient (Wildman–Crippen LogP) is 8.69. The number of thiophene rings is 1. The summed E-state index contributed by atoms with van der Waals surface area (Å²) in [5.74, 6) is 1.17. The molecule has 10 rings (SSSR count). The lowest BCUT2D eigenvalue weighted by atomic mass is 9.89. The first-order chi connectivity index (χ1) is 34.2. The summed E-state index contributed by atoms with van der Waals surface area (Å²) in [6, 6.07) is 21.2. The molecule has 3 aromatic carbocycles. The second kappa shape index (κ2) is 19.9. The largest absolute Gasteiger partial charge is 0.490 e. The second-order valence-electron chi connectivity index (χ2n) is 19.1. The number of rotatable bonds is 14. The summed E-state index contributed by atoms with van der Waals surface area (Å²) >= 11 is 9.55. The van der Waals surface area contributed by atoms with E-state index in [1.165, 1.54) is 9.78 Å². The van der Waals surface area contributed by atoms with Crippen molar-refractivity contribution in [3.8, 4) is 32.3 Å². The number of hydrogen-bond acceptors (Lipinski definition) is 12. The van der Waals surface area contributed by atoms with Gasteiger partial charge in [-0.2, -0.15) is 5.10 Å². The van der Waals surface area contributed by atoms with Gasteiger partial charge in [0.15, 0.2) is 5.82 Å². The summed E-state index contributed by atoms with van der Waals surface area (Å²) in [7, 11) is 0. The van der Waals surface area contributed by atoms with Crippen LogP contribution in [0.25, 0.3) is 26.6 Å². The zero-order valence-electron chi connectivity index (χ0n) is 40.3. The van der Waals surface area contributed by atoms with Crippen molar-refractivity contribution >= 4 is 57.7 Å². The summed E-state index contributed by atoms with van der Waals surface area (Å²) < 4.78 is 10.1. The van der Waals surface area contributed by atoms with Crippen molar-refractivity contribution in [1.82, 2.24) is 45.1 Å². The molecule has 3 aliphatic rings. The van der Waals surface area contributed by atoms with Gasteiger partial charge in [0.05, 0.1) is 40.5 Å². The number of aliphatic hydroxyl groups is 1. The number of hydrogen-bond donors (Lipinski definition) is 3. The Hall–Kier alpha value is -6.53. The Morgan fingerprint density at radius 3 is 2.42 bits per heavy atom. The van der Waals surface area contributed by atoms with Gasteiger partial charge in [-0.25, -0.2) is 4.98 Å². The third-order valence-electron chi connectivity index (χ3n) is 13.7. The van der Waals surface area contributed by atoms with Gasteiger partial charge in [0, 0.05) is 71.2 Å². The molecule has 3 amide bonds. The van der Waals surface area contributed by atoms with E-state index in [-0.39, 0.29) is 55.2 Å². The van der Waals surface area contributed by atoms with Gasteiger partial charge in [-0.15, -0.1) is 32.9 Å². The third-order valence-corrected chi connectivity index (χ3v) is 16.2. The number of halogens is 1. The highest BCUT2D eigenvalue weighted by Crippen LogP contribution is 2.40. The molecule has 4 atom stereocenters. The molecule has 71 heavy (non-hydrogen) atoms. The molecule has 2 aliphatic heterocycles. The smallest absolute Gasteiger partial charge is 0.248 e. The number of nitrogens with zero attached hydrogens (tertiary/aromatic N) is 8. The van der Waals surface area contributed by atoms with Gasteiger partial charge in [-0.3, -0.25) is 28.6 Å². The van der Waals surface area contributed by atoms with Crippen molar-refractivity contribution < 1.29 is 24.2 Å². The standard InChI is InChI=1S/C53H55ClN10O5S2/c1-28(2)48(52(68)62-26-40(65)21-44(62)51(67)55-23-33-10-12-35(13-11-33)49-30(4)56-27-70-49)63-25-37(24-57-63)36-8-7-9-41(18-36)69-42-19-39(20-42)58-45(66)22-43-50-61-60-32(6)64(50)53-46(29(3)31(5)71-53)47(59-43)34-14-16-38(54)17-15-34/h7-18,24-25,27-28,39-40,42-44,48,65H,19-23,26H2,1-6H3,(H,55,67)(H,58,66)/t39?,40-,42?,43+,44+,48+/m1/s1. The molecule has 18 heteroatoms. The minimum Gasteiger partial charge on any atom is -0.490 e. The average molecular weight is 1010 g/mol. The fourth-order valence-electron chi connectivity index (χ4n) is 9.79. The van der Waals surface area contributed by atoms with Gasteiger partial charge in [0.25, 0.3) is 0 Å². The quantitative estimate of drug-likeness (QED) is 0.0960. The fourth-order valence-corrected chi connectivity index (χ4v) is 11.9. The molecule has 0 radical (unpaired) electrons. The maximum atomic E-state index is 14.4. The van der Waals surface area contributed by atoms with E-state index in [4.69, 9.17) is 21.3 Å². The van der Waals surface area contributed by atoms with Crippen LogP contribution in [0.3, 0.4) is 0 Å². The maximum Gasteiger partial charge on any atom is 0.248 e. The number of β-amino-alcohol motifs (C(OH)–C–C–N with tert-alkyl or cyclic N) is 1. The minimum absolute atomic E-state index is 0.0585. The summed E-state index contributed by atoms with van der Waals surface area (Å²) in [4.78, 5) is 55.1. The Bertz CT molecular complexity index is 3150. The molecule has 1 saturated heterocycles. The van der Waals surface area contributed by atoms with Crippen LogP contribution in [0.15, 0.2) is 95.7 Å². The SMILES string of the molecule is Cc1ncsc1-c1ccc(CNC(=O)[C@@H]2C[C@@H](O)CN2C(=O)[C@H](C(C)C)n2cc(-c3cccc(OC4CC(NC(=O)C[C@@H]5N=C(c6ccc(Cl)cc6)c6c(sc(C)c6C)-n6c(C)nnc65)C4)c3)cn2)cc1. The van der Waals surface area contributed by atoms with E-state index in [1.54, 1.807) is 33.6 Å². The van der Waals surface area contributed by atoms with Crippen LogP contribution < -0.4 is 15.4 Å². The van der Waals surface area contributed by atoms with Crippen molar-refractivity contribution in [2.45, 2.75) is 110 Å². The number of aromatic nitrogens is 6. The number of fused-ring (bicyclic) bond motifs is 3. The Morgan fingerprint density at radius 1 is 0.930 bits per heavy atom. The van der Waals surface area contributed by atoms with Crippen molar-refractivity contribution in [2.75, 3.05) is 6.54 Å². The molecule has 1 saturated carbocycles. The van der Waals surface area contributed by atoms with Crippen LogP contribution in [0.2, 0.25) is 5.02 Å². The number of aliphatic hydroxyl groups excluding tert-OH is 1. The van der Waals surface area contributed by atoms with E-state index in [0.29, 0.717) is 36.0 Å². The molecule has 0 spiro atoms. The summed E-state index contributed by atoms with van der Waals surface area (Å²) in [6.07, 6.45) is 4.20. The first-order valence-electron chi connectivity index (χ1n) is 23.9. The topological polar surface area (TPSA) is 182 Å². The number of aryl methyl sites for hydroxylation is 3. The number of carbonyl (C=O) groups excluding carboxylic acids is 3. The van der Waals surface area contributed by atoms with Gasteiger partial charge >= 0.3 is 0 Å². The predicted molar refractivity (Wildman–Crippen MR) is 275 cm³/mol. The monoisotopic (exact) mass is 1010 g/mol. The molecule has 15 nitrogen and oxygen atoms in total. The fraction of sp³-hybridized carbons (Fsp3) is 0.358. The van der Waals surface area contributed by atoms with E-state index < -0.39 is 24.2 Å². The van der Waals surface area contributed by atoms with E-state index >= 15 is 0 Å². The number of carbonyl (C=O) groups is 3. The molecule has 0 bridgehead atoms. The number of likely N-dealkylation sites (tertiary alicyclic amines) is 1. The molecule has 7 aromatic rings. The van der Waals surface area contributed by atoms with Crippen LogP contribution in [0, 0.1) is 33.6 Å². The number of amides is 3. The first kappa shape index (κ1) is 48.1. The Balaban J connectivity index is 0.757. The Kier molecular flexibility index (Phi) is 13.5. The van der Waals surface area contributed by atoms with Gasteiger partial charge in [0.2, 0.25) is 17.7 Å². The molecular weight excluding hydrogens is 956 g/mol. The van der Waals surface area contributed by atoms with Gasteiger partial charge < -0.3 is 25.4 Å². The van der Waals surface area contributed by atoms with Gasteiger partial charge in [-0.1, -0.05) is 74.0 Å². The number of thiazole rings is 1. The highest BCUT2D eigenvalue weighted by atomic mass is 35.5. The molecular formula is C53H55ClN10O5S2. The minimum atomic E-state index is -0.823. The summed E-state index contributed by atoms with van der Waals surface area (Å²) in [6.45, 7) is 12.4. The molecule has 366 valence electrons. The first-order valence-corrected chi connectivity index (χ1v) is 26.0. The Morgan fingerprint density at radius 2 is 1.69 bits per heavy atom. The Labute approximate surface area is 425 Å². The molecule has 2 fully saturated rings. The van der Waals surface area contributed by atoms with E-state index in [0.717, 1.165) is 66.1 Å².